The Morgan fingerprint density at radius 1 is 1.47 bits per heavy atom. The predicted molar refractivity (Wildman–Crippen MR) is 58.9 cm³/mol. The Morgan fingerprint density at radius 3 is 2.67 bits per heavy atom. The summed E-state index contributed by atoms with van der Waals surface area (Å²) in [6.07, 6.45) is 2.20. The Morgan fingerprint density at radius 2 is 2.13 bits per heavy atom. The van der Waals surface area contributed by atoms with Crippen molar-refractivity contribution in [3.8, 4) is 5.75 Å². The van der Waals surface area contributed by atoms with E-state index in [9.17, 15) is 4.39 Å². The summed E-state index contributed by atoms with van der Waals surface area (Å²) in [6, 6.07) is 4.49. The molecule has 1 nitrogen and oxygen atoms in total. The predicted octanol–water partition coefficient (Wildman–Crippen LogP) is 3.91. The van der Waals surface area contributed by atoms with Gasteiger partial charge in [-0.15, -0.1) is 11.6 Å². The molecule has 1 aliphatic carbocycles. The average Bonchev–Trinajstić information content (AvgIpc) is 2.96. The second-order valence-electron chi connectivity index (χ2n) is 4.40. The first-order valence-electron chi connectivity index (χ1n) is 5.04. The van der Waals surface area contributed by atoms with Crippen LogP contribution in [0.4, 0.5) is 4.39 Å². The monoisotopic (exact) mass is 228 g/mol. The average molecular weight is 229 g/mol. The fraction of sp³-hybridized carbons (Fsp3) is 0.500. The van der Waals surface area contributed by atoms with Gasteiger partial charge in [-0.1, -0.05) is 6.92 Å². The van der Waals surface area contributed by atoms with E-state index in [4.69, 9.17) is 16.3 Å². The molecule has 1 saturated carbocycles. The smallest absolute Gasteiger partial charge is 0.123 e. The van der Waals surface area contributed by atoms with Gasteiger partial charge in [0.25, 0.3) is 0 Å². The summed E-state index contributed by atoms with van der Waals surface area (Å²) in [6.45, 7) is 2.12. The molecular weight excluding hydrogens is 215 g/mol. The number of methoxy groups -OCH3 is 1. The van der Waals surface area contributed by atoms with Crippen molar-refractivity contribution in [3.63, 3.8) is 0 Å². The van der Waals surface area contributed by atoms with Gasteiger partial charge in [0.15, 0.2) is 0 Å². The molecular formula is C12H14ClFO. The van der Waals surface area contributed by atoms with Crippen LogP contribution in [0.25, 0.3) is 0 Å². The van der Waals surface area contributed by atoms with E-state index >= 15 is 0 Å². The van der Waals surface area contributed by atoms with Crippen LogP contribution in [0.2, 0.25) is 0 Å². The lowest BCUT2D eigenvalue weighted by molar-refractivity contribution is 0.400. The quantitative estimate of drug-likeness (QED) is 0.713. The molecule has 0 spiro atoms. The van der Waals surface area contributed by atoms with E-state index in [-0.39, 0.29) is 16.6 Å². The molecule has 15 heavy (non-hydrogen) atoms. The number of benzene rings is 1. The summed E-state index contributed by atoms with van der Waals surface area (Å²) in [5.41, 5.74) is 0.877. The molecule has 2 rings (SSSR count). The highest BCUT2D eigenvalue weighted by atomic mass is 35.5. The molecule has 1 unspecified atom stereocenters. The lowest BCUT2D eigenvalue weighted by atomic mass is 9.97. The molecule has 1 fully saturated rings. The van der Waals surface area contributed by atoms with E-state index in [0.29, 0.717) is 5.75 Å². The lowest BCUT2D eigenvalue weighted by Crippen LogP contribution is -2.06. The molecule has 0 heterocycles. The summed E-state index contributed by atoms with van der Waals surface area (Å²) < 4.78 is 18.3. The lowest BCUT2D eigenvalue weighted by Gasteiger charge is -2.19. The highest BCUT2D eigenvalue weighted by molar-refractivity contribution is 6.21. The number of halogens is 2. The highest BCUT2D eigenvalue weighted by Gasteiger charge is 2.45. The van der Waals surface area contributed by atoms with Gasteiger partial charge in [-0.2, -0.15) is 0 Å². The molecule has 1 atom stereocenters. The molecule has 1 aromatic rings. The number of alkyl halides is 1. The number of ether oxygens (including phenoxy) is 1. The second-order valence-corrected chi connectivity index (χ2v) is 4.84. The van der Waals surface area contributed by atoms with Crippen LogP contribution in [0.15, 0.2) is 18.2 Å². The van der Waals surface area contributed by atoms with Gasteiger partial charge in [-0.3, -0.25) is 0 Å². The topological polar surface area (TPSA) is 9.23 Å². The van der Waals surface area contributed by atoms with Gasteiger partial charge in [0, 0.05) is 5.56 Å². The van der Waals surface area contributed by atoms with Crippen LogP contribution in [-0.4, -0.2) is 7.11 Å². The van der Waals surface area contributed by atoms with Crippen LogP contribution in [0.1, 0.15) is 30.7 Å². The third kappa shape index (κ3) is 1.96. The molecule has 3 heteroatoms. The molecule has 82 valence electrons. The molecule has 0 aromatic heterocycles. The van der Waals surface area contributed by atoms with Crippen LogP contribution < -0.4 is 4.74 Å². The van der Waals surface area contributed by atoms with Gasteiger partial charge in [-0.05, 0) is 36.5 Å². The first-order chi connectivity index (χ1) is 7.07. The van der Waals surface area contributed by atoms with E-state index < -0.39 is 0 Å². The first kappa shape index (κ1) is 10.7. The van der Waals surface area contributed by atoms with Crippen LogP contribution in [0.3, 0.4) is 0 Å². The molecule has 0 aliphatic heterocycles. The van der Waals surface area contributed by atoms with Crippen molar-refractivity contribution in [1.29, 1.82) is 0 Å². The SMILES string of the molecule is COc1ccc(F)cc1C(Cl)C1(C)CC1. The zero-order chi connectivity index (χ0) is 11.1. The Bertz CT molecular complexity index is 374. The van der Waals surface area contributed by atoms with Crippen LogP contribution >= 0.6 is 11.6 Å². The fourth-order valence-corrected chi connectivity index (χ4v) is 2.12. The van der Waals surface area contributed by atoms with Crippen molar-refractivity contribution in [2.45, 2.75) is 25.1 Å². The number of hydrogen-bond donors (Lipinski definition) is 0. The fourth-order valence-electron chi connectivity index (χ4n) is 1.73. The normalized spacial score (nSPS) is 19.7. The van der Waals surface area contributed by atoms with Crippen molar-refractivity contribution >= 4 is 11.6 Å². The Balaban J connectivity index is 2.36. The molecule has 1 aromatic carbocycles. The highest BCUT2D eigenvalue weighted by Crippen LogP contribution is 2.58. The molecule has 0 radical (unpaired) electrons. The van der Waals surface area contributed by atoms with Gasteiger partial charge in [-0.25, -0.2) is 4.39 Å². The van der Waals surface area contributed by atoms with Gasteiger partial charge < -0.3 is 4.74 Å². The molecule has 0 N–H and O–H groups in total. The van der Waals surface area contributed by atoms with Crippen molar-refractivity contribution in [2.75, 3.05) is 7.11 Å². The standard InChI is InChI=1S/C12H14ClFO/c1-12(5-6-12)11(13)9-7-8(14)3-4-10(9)15-2/h3-4,7,11H,5-6H2,1-2H3. The number of rotatable bonds is 3. The van der Waals surface area contributed by atoms with E-state index in [1.165, 1.54) is 12.1 Å². The van der Waals surface area contributed by atoms with Gasteiger partial charge in [0.05, 0.1) is 12.5 Å². The maximum atomic E-state index is 13.1. The summed E-state index contributed by atoms with van der Waals surface area (Å²) >= 11 is 6.35. The Kier molecular flexibility index (Phi) is 2.63. The van der Waals surface area contributed by atoms with Gasteiger partial charge in [0.1, 0.15) is 11.6 Å². The van der Waals surface area contributed by atoms with Gasteiger partial charge in [0.2, 0.25) is 0 Å². The first-order valence-corrected chi connectivity index (χ1v) is 5.48. The Hall–Kier alpha value is -0.760. The van der Waals surface area contributed by atoms with E-state index in [0.717, 1.165) is 18.4 Å². The largest absolute Gasteiger partial charge is 0.496 e. The van der Waals surface area contributed by atoms with Crippen LogP contribution in [0, 0.1) is 11.2 Å². The summed E-state index contributed by atoms with van der Waals surface area (Å²) in [5, 5.41) is -0.164. The maximum absolute atomic E-state index is 13.1. The molecule has 0 saturated heterocycles. The zero-order valence-electron chi connectivity index (χ0n) is 8.89. The summed E-state index contributed by atoms with van der Waals surface area (Å²) in [4.78, 5) is 0. The van der Waals surface area contributed by atoms with Crippen molar-refractivity contribution in [2.24, 2.45) is 5.41 Å². The second kappa shape index (κ2) is 3.67. The molecule has 0 bridgehead atoms. The van der Waals surface area contributed by atoms with E-state index in [1.807, 2.05) is 0 Å². The summed E-state index contributed by atoms with van der Waals surface area (Å²) in [5.74, 6) is 0.408. The molecule has 1 aliphatic rings. The van der Waals surface area contributed by atoms with Crippen molar-refractivity contribution < 1.29 is 9.13 Å². The zero-order valence-corrected chi connectivity index (χ0v) is 9.64. The number of hydrogen-bond acceptors (Lipinski definition) is 1. The maximum Gasteiger partial charge on any atom is 0.123 e. The van der Waals surface area contributed by atoms with Crippen LogP contribution in [0.5, 0.6) is 5.75 Å². The van der Waals surface area contributed by atoms with Crippen molar-refractivity contribution in [1.82, 2.24) is 0 Å². The van der Waals surface area contributed by atoms with E-state index in [1.54, 1.807) is 13.2 Å². The molecule has 0 amide bonds. The van der Waals surface area contributed by atoms with E-state index in [2.05, 4.69) is 6.92 Å². The van der Waals surface area contributed by atoms with Crippen molar-refractivity contribution in [3.05, 3.63) is 29.6 Å². The third-order valence-corrected chi connectivity index (χ3v) is 3.88. The van der Waals surface area contributed by atoms with Gasteiger partial charge >= 0.3 is 0 Å². The minimum absolute atomic E-state index is 0.114. The minimum Gasteiger partial charge on any atom is -0.496 e. The minimum atomic E-state index is -0.263. The van der Waals surface area contributed by atoms with Crippen LogP contribution in [-0.2, 0) is 0 Å². The summed E-state index contributed by atoms with van der Waals surface area (Å²) in [7, 11) is 1.58. The Labute approximate surface area is 94.2 Å². The third-order valence-electron chi connectivity index (χ3n) is 3.12.